The van der Waals surface area contributed by atoms with E-state index < -0.39 is 0 Å². The van der Waals surface area contributed by atoms with E-state index in [-0.39, 0.29) is 23.1 Å². The zero-order valence-electron chi connectivity index (χ0n) is 19.7. The molecule has 1 saturated heterocycles. The molecule has 34 heavy (non-hydrogen) atoms. The lowest BCUT2D eigenvalue weighted by Gasteiger charge is -2.27. The third-order valence-corrected chi connectivity index (χ3v) is 7.32. The standard InChI is InChI=1S/C25H32N4O4S/c1-18(30)19-6-4-7-20(16-19)26-23(31)17-34-24-21-8-2-3-9-22(21)29(25(32)27-24)11-5-10-28-12-14-33-15-13-28/h4,6-7,16H,2-3,5,8-15,17H2,1H3,(H,26,31). The van der Waals surface area contributed by atoms with Gasteiger partial charge in [0.05, 0.1) is 19.0 Å². The molecule has 1 aliphatic heterocycles. The fourth-order valence-corrected chi connectivity index (χ4v) is 5.40. The summed E-state index contributed by atoms with van der Waals surface area (Å²) in [5.41, 5.74) is 3.13. The van der Waals surface area contributed by atoms with Gasteiger partial charge in [0.25, 0.3) is 0 Å². The molecule has 1 aromatic heterocycles. The molecule has 0 unspecified atom stereocenters. The summed E-state index contributed by atoms with van der Waals surface area (Å²) in [5.74, 6) is -0.0805. The first-order valence-electron chi connectivity index (χ1n) is 12.0. The van der Waals surface area contributed by atoms with Crippen molar-refractivity contribution in [2.75, 3.05) is 43.9 Å². The van der Waals surface area contributed by atoms with Gasteiger partial charge in [-0.15, -0.1) is 0 Å². The van der Waals surface area contributed by atoms with Gasteiger partial charge in [-0.1, -0.05) is 23.9 Å². The Bertz CT molecular complexity index is 1090. The van der Waals surface area contributed by atoms with Crippen LogP contribution in [-0.2, 0) is 28.9 Å². The minimum atomic E-state index is -0.223. The molecule has 182 valence electrons. The van der Waals surface area contributed by atoms with E-state index in [2.05, 4.69) is 15.2 Å². The van der Waals surface area contributed by atoms with Crippen molar-refractivity contribution >= 4 is 29.1 Å². The number of hydrogen-bond donors (Lipinski definition) is 1. The molecular weight excluding hydrogens is 452 g/mol. The molecule has 1 N–H and O–H groups in total. The maximum Gasteiger partial charge on any atom is 0.348 e. The second kappa shape index (κ2) is 11.8. The topological polar surface area (TPSA) is 93.5 Å². The molecule has 8 nitrogen and oxygen atoms in total. The Morgan fingerprint density at radius 2 is 1.94 bits per heavy atom. The third kappa shape index (κ3) is 6.34. The molecular formula is C25H32N4O4S. The Labute approximate surface area is 204 Å². The van der Waals surface area contributed by atoms with E-state index in [1.807, 2.05) is 4.57 Å². The number of nitrogens with one attached hydrogen (secondary N) is 1. The van der Waals surface area contributed by atoms with Crippen LogP contribution in [0.5, 0.6) is 0 Å². The van der Waals surface area contributed by atoms with Crippen LogP contribution >= 0.6 is 11.8 Å². The maximum atomic E-state index is 12.9. The molecule has 2 aliphatic rings. The smallest absolute Gasteiger partial charge is 0.348 e. The first-order chi connectivity index (χ1) is 16.5. The summed E-state index contributed by atoms with van der Waals surface area (Å²) in [7, 11) is 0. The van der Waals surface area contributed by atoms with Gasteiger partial charge < -0.3 is 10.1 Å². The monoisotopic (exact) mass is 484 g/mol. The lowest BCUT2D eigenvalue weighted by molar-refractivity contribution is -0.113. The summed E-state index contributed by atoms with van der Waals surface area (Å²) in [6.45, 7) is 6.56. The molecule has 9 heteroatoms. The number of ether oxygens (including phenoxy) is 1. The summed E-state index contributed by atoms with van der Waals surface area (Å²) in [6, 6.07) is 6.89. The summed E-state index contributed by atoms with van der Waals surface area (Å²) >= 11 is 1.32. The maximum absolute atomic E-state index is 12.9. The Kier molecular flexibility index (Phi) is 8.53. The summed E-state index contributed by atoms with van der Waals surface area (Å²) < 4.78 is 7.26. The molecule has 0 atom stereocenters. The van der Waals surface area contributed by atoms with Gasteiger partial charge in [-0.05, 0) is 51.2 Å². The second-order valence-corrected chi connectivity index (χ2v) is 9.73. The minimum absolute atomic E-state index is 0.0492. The Morgan fingerprint density at radius 1 is 1.15 bits per heavy atom. The number of benzene rings is 1. The van der Waals surface area contributed by atoms with E-state index in [4.69, 9.17) is 4.74 Å². The third-order valence-electron chi connectivity index (χ3n) is 6.30. The van der Waals surface area contributed by atoms with Gasteiger partial charge in [-0.3, -0.25) is 19.1 Å². The predicted octanol–water partition coefficient (Wildman–Crippen LogP) is 2.78. The Hall–Kier alpha value is -2.49. The van der Waals surface area contributed by atoms with Gasteiger partial charge >= 0.3 is 5.69 Å². The molecule has 1 fully saturated rings. The summed E-state index contributed by atoms with van der Waals surface area (Å²) in [5, 5.41) is 3.51. The summed E-state index contributed by atoms with van der Waals surface area (Å²) in [4.78, 5) is 43.8. The van der Waals surface area contributed by atoms with Gasteiger partial charge in [-0.2, -0.15) is 4.98 Å². The highest BCUT2D eigenvalue weighted by molar-refractivity contribution is 8.00. The van der Waals surface area contributed by atoms with Gasteiger partial charge in [0.1, 0.15) is 5.03 Å². The number of Topliss-reactive ketones (excluding diaryl/α,β-unsaturated/α-hetero) is 1. The van der Waals surface area contributed by atoms with Crippen LogP contribution in [0.1, 0.15) is 47.8 Å². The number of carbonyl (C=O) groups excluding carboxylic acids is 2. The lowest BCUT2D eigenvalue weighted by atomic mass is 9.97. The number of hydrogen-bond acceptors (Lipinski definition) is 7. The van der Waals surface area contributed by atoms with Crippen LogP contribution in [0.15, 0.2) is 34.1 Å². The van der Waals surface area contributed by atoms with Gasteiger partial charge in [0.15, 0.2) is 5.78 Å². The fraction of sp³-hybridized carbons (Fsp3) is 0.520. The van der Waals surface area contributed by atoms with Crippen LogP contribution in [-0.4, -0.2) is 64.7 Å². The molecule has 0 saturated carbocycles. The molecule has 1 amide bonds. The lowest BCUT2D eigenvalue weighted by Crippen LogP contribution is -2.38. The van der Waals surface area contributed by atoms with Crippen molar-refractivity contribution < 1.29 is 14.3 Å². The van der Waals surface area contributed by atoms with Crippen molar-refractivity contribution in [2.45, 2.75) is 50.6 Å². The molecule has 0 bridgehead atoms. The van der Waals surface area contributed by atoms with Crippen LogP contribution in [0.25, 0.3) is 0 Å². The largest absolute Gasteiger partial charge is 0.379 e. The van der Waals surface area contributed by atoms with Gasteiger partial charge in [-0.25, -0.2) is 4.79 Å². The number of aromatic nitrogens is 2. The molecule has 2 heterocycles. The minimum Gasteiger partial charge on any atom is -0.379 e. The second-order valence-electron chi connectivity index (χ2n) is 8.76. The predicted molar refractivity (Wildman–Crippen MR) is 133 cm³/mol. The molecule has 1 aromatic carbocycles. The SMILES string of the molecule is CC(=O)c1cccc(NC(=O)CSc2nc(=O)n(CCCN3CCOCC3)c3c2CCCC3)c1. The zero-order chi connectivity index (χ0) is 23.9. The number of fused-ring (bicyclic) bond motifs is 1. The molecule has 0 radical (unpaired) electrons. The molecule has 4 rings (SSSR count). The number of morpholine rings is 1. The van der Waals surface area contributed by atoms with Crippen molar-refractivity contribution in [3.8, 4) is 0 Å². The number of anilines is 1. The first kappa shape index (κ1) is 24.6. The van der Waals surface area contributed by atoms with Crippen LogP contribution in [0.4, 0.5) is 5.69 Å². The van der Waals surface area contributed by atoms with E-state index in [0.29, 0.717) is 22.8 Å². The van der Waals surface area contributed by atoms with E-state index in [0.717, 1.165) is 76.2 Å². The van der Waals surface area contributed by atoms with Crippen LogP contribution < -0.4 is 11.0 Å². The quantitative estimate of drug-likeness (QED) is 0.332. The van der Waals surface area contributed by atoms with Crippen LogP contribution in [0, 0.1) is 0 Å². The van der Waals surface area contributed by atoms with E-state index in [9.17, 15) is 14.4 Å². The number of rotatable bonds is 9. The van der Waals surface area contributed by atoms with E-state index in [1.54, 1.807) is 24.3 Å². The van der Waals surface area contributed by atoms with Crippen LogP contribution in [0.3, 0.4) is 0 Å². The molecule has 2 aromatic rings. The van der Waals surface area contributed by atoms with Crippen molar-refractivity contribution in [3.05, 3.63) is 51.6 Å². The van der Waals surface area contributed by atoms with Crippen LogP contribution in [0.2, 0.25) is 0 Å². The van der Waals surface area contributed by atoms with Gasteiger partial charge in [0.2, 0.25) is 5.91 Å². The van der Waals surface area contributed by atoms with Crippen molar-refractivity contribution in [3.63, 3.8) is 0 Å². The number of thioether (sulfide) groups is 1. The zero-order valence-corrected chi connectivity index (χ0v) is 20.5. The highest BCUT2D eigenvalue weighted by Crippen LogP contribution is 2.28. The van der Waals surface area contributed by atoms with Crippen molar-refractivity contribution in [1.82, 2.24) is 14.5 Å². The number of carbonyl (C=O) groups is 2. The van der Waals surface area contributed by atoms with Gasteiger partial charge in [0, 0.05) is 48.7 Å². The van der Waals surface area contributed by atoms with E-state index in [1.165, 1.54) is 18.7 Å². The highest BCUT2D eigenvalue weighted by Gasteiger charge is 2.21. The Morgan fingerprint density at radius 3 is 2.74 bits per heavy atom. The average molecular weight is 485 g/mol. The molecule has 0 spiro atoms. The molecule has 1 aliphatic carbocycles. The van der Waals surface area contributed by atoms with Crippen molar-refractivity contribution in [1.29, 1.82) is 0 Å². The average Bonchev–Trinajstić information content (AvgIpc) is 2.85. The highest BCUT2D eigenvalue weighted by atomic mass is 32.2. The number of amides is 1. The Balaban J connectivity index is 1.40. The first-order valence-corrected chi connectivity index (χ1v) is 13.0. The normalized spacial score (nSPS) is 16.1. The number of nitrogens with zero attached hydrogens (tertiary/aromatic N) is 3. The summed E-state index contributed by atoms with van der Waals surface area (Å²) in [6.07, 6.45) is 4.80. The number of ketones is 1. The fourth-order valence-electron chi connectivity index (χ4n) is 4.52. The van der Waals surface area contributed by atoms with E-state index >= 15 is 0 Å². The van der Waals surface area contributed by atoms with Crippen molar-refractivity contribution in [2.24, 2.45) is 0 Å².